The molecule has 0 saturated carbocycles. The van der Waals surface area contributed by atoms with E-state index >= 15 is 0 Å². The van der Waals surface area contributed by atoms with E-state index in [0.29, 0.717) is 6.61 Å². The van der Waals surface area contributed by atoms with Gasteiger partial charge in [0, 0.05) is 16.9 Å². The number of benzene rings is 3. The molecular weight excluding hydrogens is 387 g/mol. The average Bonchev–Trinajstić information content (AvgIpc) is 3.13. The van der Waals surface area contributed by atoms with Gasteiger partial charge in [0.15, 0.2) is 0 Å². The van der Waals surface area contributed by atoms with Crippen LogP contribution in [0.25, 0.3) is 16.9 Å². The number of nitrogens with zero attached hydrogens (tertiary/aromatic N) is 2. The van der Waals surface area contributed by atoms with Gasteiger partial charge in [-0.1, -0.05) is 65.8 Å². The second-order valence-electron chi connectivity index (χ2n) is 7.59. The van der Waals surface area contributed by atoms with Gasteiger partial charge in [-0.3, -0.25) is 0 Å². The molecule has 1 heterocycles. The van der Waals surface area contributed by atoms with Crippen LogP contribution in [0.3, 0.4) is 0 Å². The summed E-state index contributed by atoms with van der Waals surface area (Å²) in [7, 11) is 0. The molecular formula is C27H25FN2O. The molecule has 0 atom stereocenters. The van der Waals surface area contributed by atoms with E-state index < -0.39 is 0 Å². The molecule has 0 aliphatic heterocycles. The maximum Gasteiger partial charge on any atom is 0.142 e. The van der Waals surface area contributed by atoms with Crippen LogP contribution in [0.5, 0.6) is 0 Å². The van der Waals surface area contributed by atoms with Crippen LogP contribution < -0.4 is 0 Å². The second kappa shape index (κ2) is 9.00. The topological polar surface area (TPSA) is 26.5 Å². The summed E-state index contributed by atoms with van der Waals surface area (Å²) in [5.74, 6) is -0.266. The molecule has 4 heteroatoms. The molecule has 0 fully saturated rings. The van der Waals surface area contributed by atoms with Crippen molar-refractivity contribution in [1.82, 2.24) is 4.57 Å². The highest BCUT2D eigenvalue weighted by Gasteiger charge is 2.17. The van der Waals surface area contributed by atoms with Gasteiger partial charge in [-0.2, -0.15) is 0 Å². The fraction of sp³-hybridized carbons (Fsp3) is 0.148. The lowest BCUT2D eigenvalue weighted by Gasteiger charge is -2.12. The lowest BCUT2D eigenvalue weighted by Crippen LogP contribution is -2.03. The molecule has 4 rings (SSSR count). The molecule has 0 unspecified atom stereocenters. The molecule has 0 amide bonds. The molecule has 0 bridgehead atoms. The minimum Gasteiger partial charge on any atom is -0.391 e. The number of rotatable bonds is 6. The van der Waals surface area contributed by atoms with Gasteiger partial charge in [0.1, 0.15) is 12.4 Å². The fourth-order valence-corrected chi connectivity index (χ4v) is 3.76. The second-order valence-corrected chi connectivity index (χ2v) is 7.59. The summed E-state index contributed by atoms with van der Waals surface area (Å²) < 4.78 is 16.1. The maximum absolute atomic E-state index is 14.0. The van der Waals surface area contributed by atoms with Gasteiger partial charge in [0.05, 0.1) is 11.4 Å². The minimum absolute atomic E-state index is 0.266. The Kier molecular flexibility index (Phi) is 5.99. The molecule has 31 heavy (non-hydrogen) atoms. The van der Waals surface area contributed by atoms with Crippen molar-refractivity contribution >= 4 is 5.71 Å². The molecule has 0 saturated heterocycles. The standard InChI is InChI=1S/C27H25FN2O/c1-19-10-7-8-13-23(19)18-31-29-20(2)26-17-27(22-11-5-4-6-12-22)30(21(26)3)25-15-9-14-24(28)16-25/h4-17H,18H2,1-3H3/b29-20+. The van der Waals surface area contributed by atoms with E-state index in [1.807, 2.05) is 56.3 Å². The molecule has 0 radical (unpaired) electrons. The van der Waals surface area contributed by atoms with Crippen LogP contribution in [0.4, 0.5) is 4.39 Å². The molecule has 3 nitrogen and oxygen atoms in total. The molecule has 0 aliphatic rings. The first kappa shape index (κ1) is 20.6. The van der Waals surface area contributed by atoms with Crippen LogP contribution in [-0.2, 0) is 11.4 Å². The van der Waals surface area contributed by atoms with Gasteiger partial charge in [-0.25, -0.2) is 4.39 Å². The van der Waals surface area contributed by atoms with Gasteiger partial charge in [0.25, 0.3) is 0 Å². The Hall–Kier alpha value is -3.66. The van der Waals surface area contributed by atoms with Crippen LogP contribution in [-0.4, -0.2) is 10.3 Å². The highest BCUT2D eigenvalue weighted by molar-refractivity contribution is 6.01. The summed E-state index contributed by atoms with van der Waals surface area (Å²) in [6, 6.07) is 26.9. The molecule has 0 N–H and O–H groups in total. The monoisotopic (exact) mass is 412 g/mol. The van der Waals surface area contributed by atoms with Crippen molar-refractivity contribution in [3.05, 3.63) is 113 Å². The maximum atomic E-state index is 14.0. The van der Waals surface area contributed by atoms with E-state index in [4.69, 9.17) is 4.84 Å². The van der Waals surface area contributed by atoms with E-state index in [9.17, 15) is 4.39 Å². The largest absolute Gasteiger partial charge is 0.391 e. The Morgan fingerprint density at radius 1 is 0.903 bits per heavy atom. The van der Waals surface area contributed by atoms with Crippen molar-refractivity contribution in [2.24, 2.45) is 5.16 Å². The predicted molar refractivity (Wildman–Crippen MR) is 124 cm³/mol. The smallest absolute Gasteiger partial charge is 0.142 e. The molecule has 0 aliphatic carbocycles. The SMILES string of the molecule is C/C(=N\OCc1ccccc1C)c1cc(-c2ccccc2)n(-c2cccc(F)c2)c1C. The third-order valence-electron chi connectivity index (χ3n) is 5.46. The van der Waals surface area contributed by atoms with Crippen LogP contribution >= 0.6 is 0 Å². The van der Waals surface area contributed by atoms with Crippen LogP contribution in [0, 0.1) is 19.7 Å². The lowest BCUT2D eigenvalue weighted by molar-refractivity contribution is 0.130. The number of hydrogen-bond acceptors (Lipinski definition) is 2. The molecule has 1 aromatic heterocycles. The summed E-state index contributed by atoms with van der Waals surface area (Å²) >= 11 is 0. The summed E-state index contributed by atoms with van der Waals surface area (Å²) in [6.45, 7) is 6.43. The minimum atomic E-state index is -0.266. The molecule has 3 aromatic carbocycles. The normalized spacial score (nSPS) is 11.5. The van der Waals surface area contributed by atoms with Crippen molar-refractivity contribution < 1.29 is 9.23 Å². The third kappa shape index (κ3) is 4.43. The van der Waals surface area contributed by atoms with Crippen molar-refractivity contribution in [1.29, 1.82) is 0 Å². The highest BCUT2D eigenvalue weighted by Crippen LogP contribution is 2.30. The van der Waals surface area contributed by atoms with E-state index in [-0.39, 0.29) is 5.82 Å². The van der Waals surface area contributed by atoms with E-state index in [1.165, 1.54) is 11.6 Å². The van der Waals surface area contributed by atoms with Crippen molar-refractivity contribution in [2.45, 2.75) is 27.4 Å². The van der Waals surface area contributed by atoms with E-state index in [2.05, 4.69) is 40.9 Å². The third-order valence-corrected chi connectivity index (χ3v) is 5.46. The molecule has 156 valence electrons. The van der Waals surface area contributed by atoms with Gasteiger partial charge in [-0.05, 0) is 61.7 Å². The van der Waals surface area contributed by atoms with Crippen LogP contribution in [0.2, 0.25) is 0 Å². The van der Waals surface area contributed by atoms with Crippen molar-refractivity contribution in [3.8, 4) is 16.9 Å². The zero-order chi connectivity index (χ0) is 21.8. The fourth-order valence-electron chi connectivity index (χ4n) is 3.76. The Morgan fingerprint density at radius 2 is 1.65 bits per heavy atom. The quantitative estimate of drug-likeness (QED) is 0.251. The summed E-state index contributed by atoms with van der Waals surface area (Å²) in [4.78, 5) is 5.67. The first-order chi connectivity index (χ1) is 15.0. The zero-order valence-corrected chi connectivity index (χ0v) is 18.0. The molecule has 0 spiro atoms. The van der Waals surface area contributed by atoms with E-state index in [1.54, 1.807) is 12.1 Å². The number of oxime groups is 1. The Labute approximate surface area is 182 Å². The van der Waals surface area contributed by atoms with Crippen LogP contribution in [0.15, 0.2) is 90.1 Å². The number of aromatic nitrogens is 1. The van der Waals surface area contributed by atoms with Crippen LogP contribution in [0.1, 0.15) is 29.3 Å². The van der Waals surface area contributed by atoms with Gasteiger partial charge in [-0.15, -0.1) is 0 Å². The van der Waals surface area contributed by atoms with E-state index in [0.717, 1.165) is 39.5 Å². The Bertz CT molecular complexity index is 1230. The van der Waals surface area contributed by atoms with Crippen molar-refractivity contribution in [3.63, 3.8) is 0 Å². The molecule has 4 aromatic rings. The number of hydrogen-bond donors (Lipinski definition) is 0. The Morgan fingerprint density at radius 3 is 2.39 bits per heavy atom. The average molecular weight is 413 g/mol. The van der Waals surface area contributed by atoms with Gasteiger partial charge in [0.2, 0.25) is 0 Å². The summed E-state index contributed by atoms with van der Waals surface area (Å²) in [5, 5.41) is 4.38. The van der Waals surface area contributed by atoms with Gasteiger partial charge >= 0.3 is 0 Å². The number of aryl methyl sites for hydroxylation is 1. The predicted octanol–water partition coefficient (Wildman–Crippen LogP) is 6.84. The lowest BCUT2D eigenvalue weighted by atomic mass is 10.1. The first-order valence-corrected chi connectivity index (χ1v) is 10.3. The summed E-state index contributed by atoms with van der Waals surface area (Å²) in [5.41, 5.74) is 7.81. The Balaban J connectivity index is 1.72. The first-order valence-electron chi connectivity index (χ1n) is 10.3. The summed E-state index contributed by atoms with van der Waals surface area (Å²) in [6.07, 6.45) is 0. The zero-order valence-electron chi connectivity index (χ0n) is 18.0. The highest BCUT2D eigenvalue weighted by atomic mass is 19.1. The number of halogens is 1. The van der Waals surface area contributed by atoms with Gasteiger partial charge < -0.3 is 9.40 Å². The van der Waals surface area contributed by atoms with Crippen molar-refractivity contribution in [2.75, 3.05) is 0 Å².